The number of fused-ring (bicyclic) bond motifs is 1. The largest absolute Gasteiger partial charge is 0.494 e. The lowest BCUT2D eigenvalue weighted by atomic mass is 9.71. The Morgan fingerprint density at radius 3 is 3.17 bits per heavy atom. The van der Waals surface area contributed by atoms with E-state index in [1.807, 2.05) is 6.07 Å². The molecule has 2 aliphatic carbocycles. The summed E-state index contributed by atoms with van der Waals surface area (Å²) < 4.78 is 5.66. The number of allylic oxidation sites excluding steroid dienone is 1. The molecule has 0 heterocycles. The predicted octanol–water partition coefficient (Wildman–Crippen LogP) is 3.85. The Morgan fingerprint density at radius 1 is 1.39 bits per heavy atom. The van der Waals surface area contributed by atoms with Crippen molar-refractivity contribution in [3.05, 3.63) is 36.4 Å². The Labute approximate surface area is 109 Å². The van der Waals surface area contributed by atoms with Crippen LogP contribution < -0.4 is 10.1 Å². The van der Waals surface area contributed by atoms with E-state index in [2.05, 4.69) is 42.6 Å². The molecule has 0 aliphatic heterocycles. The fraction of sp³-hybridized carbons (Fsp3) is 0.500. The van der Waals surface area contributed by atoms with E-state index >= 15 is 0 Å². The topological polar surface area (TPSA) is 21.3 Å². The lowest BCUT2D eigenvalue weighted by Gasteiger charge is -2.41. The minimum atomic E-state index is 0.621. The van der Waals surface area contributed by atoms with Crippen molar-refractivity contribution < 1.29 is 4.74 Å². The summed E-state index contributed by atoms with van der Waals surface area (Å²) >= 11 is 0. The molecule has 1 aromatic rings. The molecule has 1 saturated carbocycles. The molecule has 1 N–H and O–H groups in total. The third-order valence-electron chi connectivity index (χ3n) is 4.02. The van der Waals surface area contributed by atoms with Crippen LogP contribution in [-0.2, 0) is 0 Å². The molecular weight excluding hydrogens is 222 g/mol. The Morgan fingerprint density at radius 2 is 2.33 bits per heavy atom. The number of anilines is 1. The van der Waals surface area contributed by atoms with Crippen LogP contribution in [0, 0.1) is 11.8 Å². The van der Waals surface area contributed by atoms with E-state index in [9.17, 15) is 0 Å². The van der Waals surface area contributed by atoms with E-state index in [0.29, 0.717) is 6.04 Å². The lowest BCUT2D eigenvalue weighted by molar-refractivity contribution is 0.218. The first kappa shape index (κ1) is 11.6. The van der Waals surface area contributed by atoms with Gasteiger partial charge in [0, 0.05) is 23.7 Å². The summed E-state index contributed by atoms with van der Waals surface area (Å²) in [4.78, 5) is 0. The third kappa shape index (κ3) is 2.24. The van der Waals surface area contributed by atoms with E-state index in [1.165, 1.54) is 18.5 Å². The van der Waals surface area contributed by atoms with Gasteiger partial charge in [0.1, 0.15) is 5.75 Å². The fourth-order valence-corrected chi connectivity index (χ4v) is 2.99. The number of nitrogens with one attached hydrogen (secondary N) is 1. The van der Waals surface area contributed by atoms with Gasteiger partial charge in [-0.1, -0.05) is 25.1 Å². The second-order valence-corrected chi connectivity index (χ2v) is 5.36. The second-order valence-electron chi connectivity index (χ2n) is 5.36. The van der Waals surface area contributed by atoms with Gasteiger partial charge < -0.3 is 10.1 Å². The standard InChI is InChI=1S/C16H21NO/c1-2-9-18-14-7-4-6-13(11-14)17-16-10-12-5-3-8-15(12)16/h3-4,6-8,11-12,15-17H,2,5,9-10H2,1H3. The van der Waals surface area contributed by atoms with Crippen molar-refractivity contribution in [3.63, 3.8) is 0 Å². The number of hydrogen-bond donors (Lipinski definition) is 1. The van der Waals surface area contributed by atoms with Gasteiger partial charge in [0.05, 0.1) is 6.61 Å². The minimum Gasteiger partial charge on any atom is -0.494 e. The molecule has 3 rings (SSSR count). The molecule has 3 atom stereocenters. The first-order valence-corrected chi connectivity index (χ1v) is 7.03. The van der Waals surface area contributed by atoms with Crippen molar-refractivity contribution in [3.8, 4) is 5.75 Å². The zero-order chi connectivity index (χ0) is 12.4. The average Bonchev–Trinajstić information content (AvgIpc) is 2.75. The minimum absolute atomic E-state index is 0.621. The molecule has 2 nitrogen and oxygen atoms in total. The highest BCUT2D eigenvalue weighted by Crippen LogP contribution is 2.44. The van der Waals surface area contributed by atoms with E-state index in [-0.39, 0.29) is 0 Å². The van der Waals surface area contributed by atoms with E-state index in [4.69, 9.17) is 4.74 Å². The molecule has 1 fully saturated rings. The summed E-state index contributed by atoms with van der Waals surface area (Å²) in [5.74, 6) is 2.63. The molecule has 0 spiro atoms. The molecule has 0 bridgehead atoms. The van der Waals surface area contributed by atoms with E-state index in [1.54, 1.807) is 0 Å². The zero-order valence-corrected chi connectivity index (χ0v) is 10.9. The van der Waals surface area contributed by atoms with Crippen LogP contribution in [0.25, 0.3) is 0 Å². The van der Waals surface area contributed by atoms with Gasteiger partial charge >= 0.3 is 0 Å². The summed E-state index contributed by atoms with van der Waals surface area (Å²) in [6, 6.07) is 8.95. The molecule has 2 aliphatic rings. The number of hydrogen-bond acceptors (Lipinski definition) is 2. The molecule has 0 radical (unpaired) electrons. The highest BCUT2D eigenvalue weighted by Gasteiger charge is 2.40. The molecule has 2 heteroatoms. The Bertz CT molecular complexity index is 440. The predicted molar refractivity (Wildman–Crippen MR) is 75.0 cm³/mol. The van der Waals surface area contributed by atoms with Gasteiger partial charge in [0.25, 0.3) is 0 Å². The van der Waals surface area contributed by atoms with Crippen LogP contribution in [0.3, 0.4) is 0 Å². The molecule has 3 unspecified atom stereocenters. The van der Waals surface area contributed by atoms with Crippen molar-refractivity contribution in [1.29, 1.82) is 0 Å². The first-order chi connectivity index (χ1) is 8.86. The van der Waals surface area contributed by atoms with Gasteiger partial charge in [0.2, 0.25) is 0 Å². The van der Waals surface area contributed by atoms with Crippen molar-refractivity contribution in [2.75, 3.05) is 11.9 Å². The summed E-state index contributed by atoms with van der Waals surface area (Å²) in [7, 11) is 0. The molecule has 18 heavy (non-hydrogen) atoms. The van der Waals surface area contributed by atoms with Gasteiger partial charge in [-0.15, -0.1) is 0 Å². The Balaban J connectivity index is 1.60. The highest BCUT2D eigenvalue weighted by molar-refractivity contribution is 5.49. The summed E-state index contributed by atoms with van der Waals surface area (Å²) in [5.41, 5.74) is 1.19. The first-order valence-electron chi connectivity index (χ1n) is 7.03. The van der Waals surface area contributed by atoms with Crippen molar-refractivity contribution in [2.24, 2.45) is 11.8 Å². The molecule has 0 saturated heterocycles. The van der Waals surface area contributed by atoms with Crippen LogP contribution in [0.1, 0.15) is 26.2 Å². The normalized spacial score (nSPS) is 28.6. The molecule has 1 aromatic carbocycles. The maximum atomic E-state index is 5.66. The molecule has 0 aromatic heterocycles. The fourth-order valence-electron chi connectivity index (χ4n) is 2.99. The molecule has 96 valence electrons. The van der Waals surface area contributed by atoms with Crippen LogP contribution in [-0.4, -0.2) is 12.6 Å². The van der Waals surface area contributed by atoms with E-state index in [0.717, 1.165) is 30.6 Å². The third-order valence-corrected chi connectivity index (χ3v) is 4.02. The zero-order valence-electron chi connectivity index (χ0n) is 10.9. The van der Waals surface area contributed by atoms with E-state index < -0.39 is 0 Å². The smallest absolute Gasteiger partial charge is 0.121 e. The number of rotatable bonds is 5. The second kappa shape index (κ2) is 5.05. The van der Waals surface area contributed by atoms with Crippen LogP contribution >= 0.6 is 0 Å². The van der Waals surface area contributed by atoms with Gasteiger partial charge in [-0.25, -0.2) is 0 Å². The summed E-state index contributed by atoms with van der Waals surface area (Å²) in [6.07, 6.45) is 8.34. The number of ether oxygens (including phenoxy) is 1. The maximum absolute atomic E-state index is 5.66. The van der Waals surface area contributed by atoms with Gasteiger partial charge in [-0.3, -0.25) is 0 Å². The van der Waals surface area contributed by atoms with Crippen LogP contribution in [0.4, 0.5) is 5.69 Å². The Hall–Kier alpha value is -1.44. The lowest BCUT2D eigenvalue weighted by Crippen LogP contribution is -2.43. The molecule has 0 amide bonds. The van der Waals surface area contributed by atoms with Gasteiger partial charge in [-0.2, -0.15) is 0 Å². The highest BCUT2D eigenvalue weighted by atomic mass is 16.5. The van der Waals surface area contributed by atoms with Crippen LogP contribution in [0.5, 0.6) is 5.75 Å². The van der Waals surface area contributed by atoms with Gasteiger partial charge in [0.15, 0.2) is 0 Å². The summed E-state index contributed by atoms with van der Waals surface area (Å²) in [5, 5.41) is 3.64. The van der Waals surface area contributed by atoms with Crippen LogP contribution in [0.2, 0.25) is 0 Å². The van der Waals surface area contributed by atoms with Crippen LogP contribution in [0.15, 0.2) is 36.4 Å². The Kier molecular flexibility index (Phi) is 3.26. The molecular formula is C16H21NO. The number of benzene rings is 1. The van der Waals surface area contributed by atoms with Crippen molar-refractivity contribution in [1.82, 2.24) is 0 Å². The average molecular weight is 243 g/mol. The monoisotopic (exact) mass is 243 g/mol. The quantitative estimate of drug-likeness (QED) is 0.793. The van der Waals surface area contributed by atoms with Crippen molar-refractivity contribution >= 4 is 5.69 Å². The van der Waals surface area contributed by atoms with Gasteiger partial charge in [-0.05, 0) is 37.3 Å². The SMILES string of the molecule is CCCOc1cccc(NC2CC3CC=CC32)c1. The maximum Gasteiger partial charge on any atom is 0.121 e. The summed E-state index contributed by atoms with van der Waals surface area (Å²) in [6.45, 7) is 2.92. The van der Waals surface area contributed by atoms with Crippen molar-refractivity contribution in [2.45, 2.75) is 32.2 Å².